The second kappa shape index (κ2) is 27.4. The first-order chi connectivity index (χ1) is 24.8. The maximum Gasteiger partial charge on any atom is 1.00 e. The largest absolute Gasteiger partial charge is 1.00 e. The smallest absolute Gasteiger partial charge is 0.870 e. The second-order valence-electron chi connectivity index (χ2n) is 10.6. The molecule has 5 rings (SSSR count). The van der Waals surface area contributed by atoms with E-state index in [0.29, 0.717) is 60.4 Å². The Hall–Kier alpha value is -4.24. The Morgan fingerprint density at radius 1 is 0.585 bits per heavy atom. The van der Waals surface area contributed by atoms with Crippen molar-refractivity contribution >= 4 is 29.6 Å². The van der Waals surface area contributed by atoms with Crippen molar-refractivity contribution in [3.63, 3.8) is 0 Å². The van der Waals surface area contributed by atoms with Gasteiger partial charge in [0.15, 0.2) is 11.5 Å². The number of fused-ring (bicyclic) bond motifs is 6. The van der Waals surface area contributed by atoms with Gasteiger partial charge in [-0.1, -0.05) is 60.0 Å². The quantitative estimate of drug-likeness (QED) is 0.241. The summed E-state index contributed by atoms with van der Waals surface area (Å²) in [6.45, 7) is 6.70. The van der Waals surface area contributed by atoms with Gasteiger partial charge in [-0.25, -0.2) is 0 Å². The third kappa shape index (κ3) is 17.4. The van der Waals surface area contributed by atoms with Gasteiger partial charge in [0, 0.05) is 39.8 Å². The number of aliphatic imine (C=N–C) groups is 2. The normalized spacial score (nSPS) is 13.2. The van der Waals surface area contributed by atoms with Crippen LogP contribution in [0.4, 0.5) is 11.4 Å². The predicted molar refractivity (Wildman–Crippen MR) is 190 cm³/mol. The first kappa shape index (κ1) is 46.8. The van der Waals surface area contributed by atoms with Gasteiger partial charge in [0.05, 0.1) is 43.9 Å². The molecular weight excluding hydrogens is 784 g/mol. The summed E-state index contributed by atoms with van der Waals surface area (Å²) in [7, 11) is 0. The zero-order chi connectivity index (χ0) is 36.7. The van der Waals surface area contributed by atoms with Gasteiger partial charge in [-0.2, -0.15) is 5.26 Å². The minimum absolute atomic E-state index is 0. The summed E-state index contributed by atoms with van der Waals surface area (Å²) >= 11 is 0. The molecule has 0 N–H and O–H groups in total. The molecule has 0 radical (unpaired) electrons. The van der Waals surface area contributed by atoms with Gasteiger partial charge in [0.2, 0.25) is 0 Å². The van der Waals surface area contributed by atoms with Gasteiger partial charge in [-0.05, 0) is 61.4 Å². The van der Waals surface area contributed by atoms with E-state index in [2.05, 4.69) is 9.98 Å². The average Bonchev–Trinajstić information content (AvgIpc) is 3.11. The van der Waals surface area contributed by atoms with Crippen molar-refractivity contribution in [1.29, 1.82) is 5.26 Å². The van der Waals surface area contributed by atoms with Crippen LogP contribution >= 0.6 is 0 Å². The van der Waals surface area contributed by atoms with Crippen molar-refractivity contribution in [3.05, 3.63) is 96.1 Å². The van der Waals surface area contributed by atoms with Gasteiger partial charge < -0.3 is 43.4 Å². The number of Topliss-reactive ketones (excluding diaryl/α,β-unsaturated/α-hetero) is 1. The Kier molecular flexibility index (Phi) is 24.2. The maximum absolute atomic E-state index is 13.0. The van der Waals surface area contributed by atoms with Crippen LogP contribution in [0.15, 0.2) is 94.9 Å². The number of carbonyl (C=O) groups excluding carboxylic acids is 1. The molecule has 278 valence electrons. The first-order valence-corrected chi connectivity index (χ1v) is 16.1. The Labute approximate surface area is 346 Å². The SMILES string of the molecule is CC#N.CC(C)=O.[Na+].[O-]c1c2cccc1OCCOCCOc1ccccc1OCCOCCOc1cccc(c1[O-])C=Nc1ccccc1N=C2.[Pd]. The molecule has 4 bridgehead atoms. The van der Waals surface area contributed by atoms with Crippen LogP contribution in [0, 0.1) is 11.3 Å². The average molecular weight is 825 g/mol. The third-order valence-corrected chi connectivity index (χ3v) is 6.38. The number of rotatable bonds is 0. The molecule has 1 heterocycles. The van der Waals surface area contributed by atoms with Crippen LogP contribution < -0.4 is 58.7 Å². The zero-order valence-corrected chi connectivity index (χ0v) is 33.8. The molecule has 4 aromatic carbocycles. The van der Waals surface area contributed by atoms with Crippen molar-refractivity contribution in [1.82, 2.24) is 0 Å². The number of nitriles is 1. The number of ketones is 1. The van der Waals surface area contributed by atoms with E-state index in [9.17, 15) is 15.0 Å². The monoisotopic (exact) mass is 824 g/mol. The fourth-order valence-electron chi connectivity index (χ4n) is 4.19. The summed E-state index contributed by atoms with van der Waals surface area (Å²) in [5, 5.41) is 33.3. The number of carbonyl (C=O) groups is 1. The van der Waals surface area contributed by atoms with Crippen molar-refractivity contribution in [3.8, 4) is 40.6 Å². The minimum Gasteiger partial charge on any atom is -0.870 e. The molecule has 14 heteroatoms. The van der Waals surface area contributed by atoms with Crippen LogP contribution in [-0.4, -0.2) is 71.1 Å². The Bertz CT molecular complexity index is 1660. The van der Waals surface area contributed by atoms with Crippen LogP contribution in [-0.2, 0) is 34.7 Å². The summed E-state index contributed by atoms with van der Waals surface area (Å²) in [6, 6.07) is 26.3. The van der Waals surface area contributed by atoms with E-state index in [-0.39, 0.29) is 105 Å². The van der Waals surface area contributed by atoms with Crippen molar-refractivity contribution in [2.24, 2.45) is 9.98 Å². The zero-order valence-electron chi connectivity index (χ0n) is 30.2. The molecule has 1 aliphatic heterocycles. The van der Waals surface area contributed by atoms with E-state index in [1.54, 1.807) is 54.6 Å². The molecule has 4 aromatic rings. The van der Waals surface area contributed by atoms with E-state index >= 15 is 0 Å². The molecule has 12 nitrogen and oxygen atoms in total. The van der Waals surface area contributed by atoms with E-state index < -0.39 is 0 Å². The van der Waals surface area contributed by atoms with Crippen LogP contribution in [0.2, 0.25) is 0 Å². The number of nitrogens with zero attached hydrogens (tertiary/aromatic N) is 3. The number of ether oxygens (including phenoxy) is 6. The molecule has 0 spiro atoms. The fraction of sp³-hybridized carbons (Fsp3) is 0.282. The molecule has 0 amide bonds. The fourth-order valence-corrected chi connectivity index (χ4v) is 4.19. The van der Waals surface area contributed by atoms with E-state index in [1.165, 1.54) is 33.2 Å². The number of hydrogen-bond acceptors (Lipinski definition) is 12. The van der Waals surface area contributed by atoms with Crippen LogP contribution in [0.1, 0.15) is 31.9 Å². The van der Waals surface area contributed by atoms with E-state index in [0.717, 1.165) is 0 Å². The minimum atomic E-state index is -0.288. The standard InChI is InChI=1S/C34H34N2O8.C3H6O.C2H3N.Na.Pd/c37-33-25-7-5-13-31(33)43-21-17-39-15-19-41-29-11-3-4-12-30(29)42-20-16-40-18-22-44-32-14-6-8-26(34(32)38)24-36-28-10-2-1-9-27(28)35-23-25;1-3(2)4;1-2-3;;/h1-14,23-24,37-38H,15-22H2;1-2H3;1H3;;/q;;;+1;/p-2. The van der Waals surface area contributed by atoms with Crippen LogP contribution in [0.25, 0.3) is 0 Å². The van der Waals surface area contributed by atoms with Crippen molar-refractivity contribution in [2.45, 2.75) is 20.8 Å². The molecular formula is C39H41N3NaO9Pd-. The molecule has 1 aliphatic rings. The molecule has 0 atom stereocenters. The molecule has 0 unspecified atom stereocenters. The molecule has 0 aliphatic carbocycles. The Morgan fingerprint density at radius 3 is 1.25 bits per heavy atom. The van der Waals surface area contributed by atoms with Crippen molar-refractivity contribution < 1.29 is 93.4 Å². The van der Waals surface area contributed by atoms with E-state index in [1.807, 2.05) is 36.4 Å². The Morgan fingerprint density at radius 2 is 0.887 bits per heavy atom. The van der Waals surface area contributed by atoms with Gasteiger partial charge in [0.1, 0.15) is 43.7 Å². The molecule has 0 aromatic heterocycles. The van der Waals surface area contributed by atoms with Crippen LogP contribution in [0.5, 0.6) is 34.5 Å². The van der Waals surface area contributed by atoms with Gasteiger partial charge >= 0.3 is 29.6 Å². The Balaban J connectivity index is 0.00000144. The predicted octanol–water partition coefficient (Wildman–Crippen LogP) is 2.72. The molecule has 0 saturated heterocycles. The summed E-state index contributed by atoms with van der Waals surface area (Å²) < 4.78 is 34.2. The molecule has 0 fully saturated rings. The maximum atomic E-state index is 13.0. The summed E-state index contributed by atoms with van der Waals surface area (Å²) in [5.41, 5.74) is 1.78. The van der Waals surface area contributed by atoms with Gasteiger partial charge in [0.25, 0.3) is 0 Å². The summed E-state index contributed by atoms with van der Waals surface area (Å²) in [6.07, 6.45) is 2.95. The second-order valence-corrected chi connectivity index (χ2v) is 10.6. The van der Waals surface area contributed by atoms with Gasteiger partial charge in [-0.3, -0.25) is 9.98 Å². The van der Waals surface area contributed by atoms with E-state index in [4.69, 9.17) is 33.7 Å². The topological polar surface area (TPSA) is 167 Å². The first-order valence-electron chi connectivity index (χ1n) is 16.1. The number of para-hydroxylation sites is 6. The van der Waals surface area contributed by atoms with Gasteiger partial charge in [-0.15, -0.1) is 0 Å². The summed E-state index contributed by atoms with van der Waals surface area (Å²) in [5.74, 6) is 1.17. The number of hydrogen-bond donors (Lipinski definition) is 0. The molecule has 53 heavy (non-hydrogen) atoms. The summed E-state index contributed by atoms with van der Waals surface area (Å²) in [4.78, 5) is 18.4. The molecule has 0 saturated carbocycles. The van der Waals surface area contributed by atoms with Crippen molar-refractivity contribution in [2.75, 3.05) is 52.9 Å². The number of benzene rings is 4. The van der Waals surface area contributed by atoms with Crippen LogP contribution in [0.3, 0.4) is 0 Å². The third-order valence-electron chi connectivity index (χ3n) is 6.38.